The summed E-state index contributed by atoms with van der Waals surface area (Å²) in [5, 5.41) is 7.99. The lowest BCUT2D eigenvalue weighted by Gasteiger charge is -2.11. The average molecular weight is 203 g/mol. The van der Waals surface area contributed by atoms with Gasteiger partial charge in [0.1, 0.15) is 0 Å². The fourth-order valence-corrected chi connectivity index (χ4v) is 0.516. The molecule has 0 heterocycles. The molecule has 4 heteroatoms. The van der Waals surface area contributed by atoms with Crippen molar-refractivity contribution < 1.29 is 14.7 Å². The largest absolute Gasteiger partial charge is 0.481 e. The van der Waals surface area contributed by atoms with Crippen LogP contribution in [0.3, 0.4) is 0 Å². The normalized spacial score (nSPS) is 9.43. The van der Waals surface area contributed by atoms with E-state index in [2.05, 4.69) is 0 Å². The molecule has 0 aromatic rings. The van der Waals surface area contributed by atoms with Gasteiger partial charge in [0, 0.05) is 20.0 Å². The van der Waals surface area contributed by atoms with Gasteiger partial charge in [0.25, 0.3) is 0 Å². The predicted octanol–water partition coefficient (Wildman–Crippen LogP) is 1.46. The molecule has 1 N–H and O–H groups in total. The zero-order chi connectivity index (χ0) is 11.9. The molecule has 0 spiro atoms. The van der Waals surface area contributed by atoms with Crippen LogP contribution in [0.4, 0.5) is 0 Å². The summed E-state index contributed by atoms with van der Waals surface area (Å²) < 4.78 is 0. The minimum absolute atomic E-state index is 0.130. The highest BCUT2D eigenvalue weighted by molar-refractivity contribution is 5.77. The smallest absolute Gasteiger partial charge is 0.305 e. The summed E-state index contributed by atoms with van der Waals surface area (Å²) >= 11 is 0. The Kier molecular flexibility index (Phi) is 8.10. The number of hydrogen-bond donors (Lipinski definition) is 1. The van der Waals surface area contributed by atoms with E-state index >= 15 is 0 Å². The molecule has 0 aliphatic heterocycles. The number of aliphatic carboxylic acids is 1. The standard InChI is InChI=1S/C6H13NO.C4H8O2/c1-5(2)6(8)7(3)4;1-3(2)4(5)6/h5H,1-4H3;3H,1-2H3,(H,5,6). The Morgan fingerprint density at radius 2 is 1.29 bits per heavy atom. The van der Waals surface area contributed by atoms with Crippen LogP contribution in [-0.2, 0) is 9.59 Å². The molecule has 0 bridgehead atoms. The lowest BCUT2D eigenvalue weighted by molar-refractivity contribution is -0.140. The average Bonchev–Trinajstić information content (AvgIpc) is 2.03. The van der Waals surface area contributed by atoms with E-state index < -0.39 is 5.97 Å². The molecule has 0 aromatic carbocycles. The van der Waals surface area contributed by atoms with Crippen LogP contribution in [0.1, 0.15) is 27.7 Å². The first kappa shape index (κ1) is 15.4. The summed E-state index contributed by atoms with van der Waals surface area (Å²) in [7, 11) is 3.53. The molecule has 0 aromatic heterocycles. The van der Waals surface area contributed by atoms with Crippen molar-refractivity contribution in [3.63, 3.8) is 0 Å². The minimum Gasteiger partial charge on any atom is -0.481 e. The van der Waals surface area contributed by atoms with E-state index in [9.17, 15) is 9.59 Å². The monoisotopic (exact) mass is 203 g/mol. The van der Waals surface area contributed by atoms with Crippen molar-refractivity contribution in [2.75, 3.05) is 14.1 Å². The van der Waals surface area contributed by atoms with Crippen LogP contribution in [0, 0.1) is 11.8 Å². The Labute approximate surface area is 85.9 Å². The molecule has 0 atom stereocenters. The van der Waals surface area contributed by atoms with Gasteiger partial charge >= 0.3 is 5.97 Å². The van der Waals surface area contributed by atoms with Gasteiger partial charge in [0.15, 0.2) is 0 Å². The molecule has 0 fully saturated rings. The second-order valence-electron chi connectivity index (χ2n) is 3.88. The summed E-state index contributed by atoms with van der Waals surface area (Å²) in [6.07, 6.45) is 0. The van der Waals surface area contributed by atoms with E-state index in [0.29, 0.717) is 0 Å². The second kappa shape index (κ2) is 7.35. The first-order valence-electron chi connectivity index (χ1n) is 4.64. The Morgan fingerprint density at radius 1 is 1.00 bits per heavy atom. The third-order valence-electron chi connectivity index (χ3n) is 1.43. The van der Waals surface area contributed by atoms with E-state index in [-0.39, 0.29) is 17.7 Å². The molecule has 14 heavy (non-hydrogen) atoms. The van der Waals surface area contributed by atoms with Gasteiger partial charge in [-0.15, -0.1) is 0 Å². The molecular formula is C10H21NO3. The molecule has 1 amide bonds. The Morgan fingerprint density at radius 3 is 1.29 bits per heavy atom. The fraction of sp³-hybridized carbons (Fsp3) is 0.800. The fourth-order valence-electron chi connectivity index (χ4n) is 0.516. The van der Waals surface area contributed by atoms with Crippen molar-refractivity contribution in [2.45, 2.75) is 27.7 Å². The van der Waals surface area contributed by atoms with E-state index in [1.807, 2.05) is 13.8 Å². The summed E-state index contributed by atoms with van der Waals surface area (Å²) in [5.41, 5.74) is 0. The lowest BCUT2D eigenvalue weighted by atomic mass is 10.2. The molecular weight excluding hydrogens is 182 g/mol. The van der Waals surface area contributed by atoms with Gasteiger partial charge in [-0.25, -0.2) is 0 Å². The number of hydrogen-bond acceptors (Lipinski definition) is 2. The Hall–Kier alpha value is -1.06. The molecule has 0 aliphatic carbocycles. The summed E-state index contributed by atoms with van der Waals surface area (Å²) in [6, 6.07) is 0. The summed E-state index contributed by atoms with van der Waals surface area (Å²) in [6.45, 7) is 7.06. The van der Waals surface area contributed by atoms with Crippen LogP contribution in [0.2, 0.25) is 0 Å². The summed E-state index contributed by atoms with van der Waals surface area (Å²) in [4.78, 5) is 22.1. The number of nitrogens with zero attached hydrogens (tertiary/aromatic N) is 1. The van der Waals surface area contributed by atoms with Gasteiger partial charge in [0.2, 0.25) is 5.91 Å². The van der Waals surface area contributed by atoms with Gasteiger partial charge in [-0.3, -0.25) is 9.59 Å². The van der Waals surface area contributed by atoms with Crippen LogP contribution < -0.4 is 0 Å². The lowest BCUT2D eigenvalue weighted by Crippen LogP contribution is -2.26. The van der Waals surface area contributed by atoms with Crippen molar-refractivity contribution >= 4 is 11.9 Å². The van der Waals surface area contributed by atoms with Crippen LogP contribution >= 0.6 is 0 Å². The minimum atomic E-state index is -0.741. The maximum atomic E-state index is 10.8. The number of carbonyl (C=O) groups is 2. The van der Waals surface area contributed by atoms with E-state index in [1.165, 1.54) is 0 Å². The van der Waals surface area contributed by atoms with Gasteiger partial charge < -0.3 is 10.0 Å². The Balaban J connectivity index is 0. The highest BCUT2D eigenvalue weighted by Crippen LogP contribution is 1.94. The van der Waals surface area contributed by atoms with Gasteiger partial charge in [0.05, 0.1) is 5.92 Å². The zero-order valence-electron chi connectivity index (χ0n) is 9.87. The third-order valence-corrected chi connectivity index (χ3v) is 1.43. The molecule has 4 nitrogen and oxygen atoms in total. The molecule has 0 unspecified atom stereocenters. The van der Waals surface area contributed by atoms with Crippen molar-refractivity contribution in [3.8, 4) is 0 Å². The van der Waals surface area contributed by atoms with Gasteiger partial charge in [-0.05, 0) is 0 Å². The number of rotatable bonds is 2. The number of carboxylic acid groups (broad SMARTS) is 1. The number of carbonyl (C=O) groups excluding carboxylic acids is 1. The van der Waals surface area contributed by atoms with Crippen molar-refractivity contribution in [1.82, 2.24) is 4.90 Å². The third kappa shape index (κ3) is 9.03. The molecule has 0 aliphatic rings. The molecule has 84 valence electrons. The predicted molar refractivity (Wildman–Crippen MR) is 56.0 cm³/mol. The maximum absolute atomic E-state index is 10.8. The highest BCUT2D eigenvalue weighted by Gasteiger charge is 2.06. The number of amides is 1. The van der Waals surface area contributed by atoms with E-state index in [4.69, 9.17) is 5.11 Å². The Bertz CT molecular complexity index is 176. The topological polar surface area (TPSA) is 57.6 Å². The SMILES string of the molecule is CC(C)C(=O)N(C)C.CC(C)C(=O)O. The van der Waals surface area contributed by atoms with Crippen molar-refractivity contribution in [3.05, 3.63) is 0 Å². The van der Waals surface area contributed by atoms with Crippen LogP contribution in [0.5, 0.6) is 0 Å². The molecule has 0 saturated heterocycles. The van der Waals surface area contributed by atoms with Gasteiger partial charge in [-0.1, -0.05) is 27.7 Å². The maximum Gasteiger partial charge on any atom is 0.305 e. The van der Waals surface area contributed by atoms with Crippen LogP contribution in [0.25, 0.3) is 0 Å². The highest BCUT2D eigenvalue weighted by atomic mass is 16.4. The molecule has 0 radical (unpaired) electrons. The quantitative estimate of drug-likeness (QED) is 0.739. The van der Waals surface area contributed by atoms with Gasteiger partial charge in [-0.2, -0.15) is 0 Å². The summed E-state index contributed by atoms with van der Waals surface area (Å²) in [5.74, 6) is -0.657. The zero-order valence-corrected chi connectivity index (χ0v) is 9.87. The van der Waals surface area contributed by atoms with E-state index in [0.717, 1.165) is 0 Å². The molecule has 0 rings (SSSR count). The molecule has 0 saturated carbocycles. The van der Waals surface area contributed by atoms with Crippen LogP contribution in [0.15, 0.2) is 0 Å². The van der Waals surface area contributed by atoms with Crippen LogP contribution in [-0.4, -0.2) is 36.0 Å². The van der Waals surface area contributed by atoms with Crippen molar-refractivity contribution in [2.24, 2.45) is 11.8 Å². The first-order chi connectivity index (χ1) is 6.20. The van der Waals surface area contributed by atoms with Crippen molar-refractivity contribution in [1.29, 1.82) is 0 Å². The first-order valence-corrected chi connectivity index (χ1v) is 4.64. The number of carboxylic acids is 1. The second-order valence-corrected chi connectivity index (χ2v) is 3.88. The van der Waals surface area contributed by atoms with E-state index in [1.54, 1.807) is 32.8 Å².